The van der Waals surface area contributed by atoms with Crippen LogP contribution in [0.1, 0.15) is 4.88 Å². The number of aromatic nitrogens is 2. The summed E-state index contributed by atoms with van der Waals surface area (Å²) in [6, 6.07) is 11.9. The van der Waals surface area contributed by atoms with Crippen molar-refractivity contribution in [2.24, 2.45) is 0 Å². The van der Waals surface area contributed by atoms with Gasteiger partial charge in [-0.15, -0.1) is 11.3 Å². The van der Waals surface area contributed by atoms with Crippen molar-refractivity contribution in [1.82, 2.24) is 14.9 Å². The van der Waals surface area contributed by atoms with Gasteiger partial charge in [0.25, 0.3) is 0 Å². The zero-order chi connectivity index (χ0) is 13.8. The van der Waals surface area contributed by atoms with Gasteiger partial charge in [0, 0.05) is 11.4 Å². The molecule has 2 heterocycles. The minimum absolute atomic E-state index is 0.0182. The first-order valence-corrected chi connectivity index (χ1v) is 7.40. The van der Waals surface area contributed by atoms with Gasteiger partial charge >= 0.3 is 0 Å². The number of nitrogens with one attached hydrogen (secondary N) is 1. The van der Waals surface area contributed by atoms with Gasteiger partial charge in [0.15, 0.2) is 0 Å². The molecule has 0 aliphatic carbocycles. The normalized spacial score (nSPS) is 10.8. The summed E-state index contributed by atoms with van der Waals surface area (Å²) < 4.78 is 1.87. The molecule has 0 atom stereocenters. The van der Waals surface area contributed by atoms with Crippen molar-refractivity contribution >= 4 is 28.3 Å². The molecule has 0 saturated heterocycles. The topological polar surface area (TPSA) is 46.9 Å². The van der Waals surface area contributed by atoms with Crippen molar-refractivity contribution in [3.63, 3.8) is 0 Å². The molecule has 3 rings (SSSR count). The summed E-state index contributed by atoms with van der Waals surface area (Å²) in [5.41, 5.74) is 1.90. The molecule has 102 valence electrons. The fourth-order valence-corrected chi connectivity index (χ4v) is 2.84. The monoisotopic (exact) mass is 285 g/mol. The van der Waals surface area contributed by atoms with Crippen LogP contribution in [-0.4, -0.2) is 22.0 Å². The molecule has 0 spiro atoms. The Bertz CT molecular complexity index is 703. The Labute approximate surface area is 121 Å². The highest BCUT2D eigenvalue weighted by atomic mass is 32.1. The number of fused-ring (bicyclic) bond motifs is 1. The molecule has 3 aromatic rings. The summed E-state index contributed by atoms with van der Waals surface area (Å²) in [4.78, 5) is 17.5. The van der Waals surface area contributed by atoms with Crippen molar-refractivity contribution < 1.29 is 4.79 Å². The Morgan fingerprint density at radius 1 is 1.25 bits per heavy atom. The molecule has 2 aromatic heterocycles. The highest BCUT2D eigenvalue weighted by Gasteiger charge is 2.06. The molecule has 4 nitrogen and oxygen atoms in total. The molecule has 5 heteroatoms. The molecule has 0 unspecified atom stereocenters. The Hall–Kier alpha value is -2.14. The highest BCUT2D eigenvalue weighted by molar-refractivity contribution is 7.09. The van der Waals surface area contributed by atoms with Crippen LogP contribution in [0.4, 0.5) is 0 Å². The van der Waals surface area contributed by atoms with Crippen LogP contribution in [0.2, 0.25) is 0 Å². The molecule has 0 aliphatic heterocycles. The van der Waals surface area contributed by atoms with E-state index in [1.165, 1.54) is 4.88 Å². The largest absolute Gasteiger partial charge is 0.354 e. The Kier molecular flexibility index (Phi) is 3.78. The van der Waals surface area contributed by atoms with Gasteiger partial charge in [-0.1, -0.05) is 18.2 Å². The number of rotatable bonds is 5. The number of amides is 1. The van der Waals surface area contributed by atoms with E-state index in [0.717, 1.165) is 17.5 Å². The second kappa shape index (κ2) is 5.88. The van der Waals surface area contributed by atoms with Crippen LogP contribution < -0.4 is 5.32 Å². The highest BCUT2D eigenvalue weighted by Crippen LogP contribution is 2.11. The van der Waals surface area contributed by atoms with E-state index in [2.05, 4.69) is 21.7 Å². The molecule has 0 saturated carbocycles. The van der Waals surface area contributed by atoms with Crippen LogP contribution in [0.25, 0.3) is 11.0 Å². The molecule has 0 fully saturated rings. The fourth-order valence-electron chi connectivity index (χ4n) is 2.13. The van der Waals surface area contributed by atoms with Crippen LogP contribution in [0.3, 0.4) is 0 Å². The maximum atomic E-state index is 11.9. The van der Waals surface area contributed by atoms with E-state index < -0.39 is 0 Å². The zero-order valence-corrected chi connectivity index (χ0v) is 11.8. The summed E-state index contributed by atoms with van der Waals surface area (Å²) >= 11 is 1.72. The molecular weight excluding hydrogens is 270 g/mol. The van der Waals surface area contributed by atoms with Gasteiger partial charge in [-0.05, 0) is 30.0 Å². The van der Waals surface area contributed by atoms with E-state index in [4.69, 9.17) is 0 Å². The lowest BCUT2D eigenvalue weighted by atomic mass is 10.3. The summed E-state index contributed by atoms with van der Waals surface area (Å²) in [6.07, 6.45) is 2.59. The molecule has 0 radical (unpaired) electrons. The number of hydrogen-bond acceptors (Lipinski definition) is 3. The maximum Gasteiger partial charge on any atom is 0.240 e. The van der Waals surface area contributed by atoms with Crippen LogP contribution in [0.5, 0.6) is 0 Å². The van der Waals surface area contributed by atoms with Crippen molar-refractivity contribution in [2.75, 3.05) is 6.54 Å². The minimum Gasteiger partial charge on any atom is -0.354 e. The molecule has 0 bridgehead atoms. The van der Waals surface area contributed by atoms with Gasteiger partial charge in [0.05, 0.1) is 17.4 Å². The predicted molar refractivity (Wildman–Crippen MR) is 80.8 cm³/mol. The average Bonchev–Trinajstić information content (AvgIpc) is 3.09. The van der Waals surface area contributed by atoms with Crippen molar-refractivity contribution in [1.29, 1.82) is 0 Å². The van der Waals surface area contributed by atoms with Crippen molar-refractivity contribution in [2.45, 2.75) is 13.0 Å². The molecular formula is C15H15N3OS. The third kappa shape index (κ3) is 2.88. The van der Waals surface area contributed by atoms with Crippen LogP contribution >= 0.6 is 11.3 Å². The van der Waals surface area contributed by atoms with E-state index in [9.17, 15) is 4.79 Å². The van der Waals surface area contributed by atoms with Gasteiger partial charge in [0.2, 0.25) is 5.91 Å². The predicted octanol–water partition coefficient (Wildman–Crippen LogP) is 2.46. The third-order valence-electron chi connectivity index (χ3n) is 3.11. The lowest BCUT2D eigenvalue weighted by molar-refractivity contribution is -0.121. The quantitative estimate of drug-likeness (QED) is 0.782. The Morgan fingerprint density at radius 3 is 3.00 bits per heavy atom. The SMILES string of the molecule is O=C(Cn1cnc2ccccc21)NCCc1cccs1. The van der Waals surface area contributed by atoms with E-state index in [0.29, 0.717) is 13.1 Å². The van der Waals surface area contributed by atoms with Crippen LogP contribution in [0, 0.1) is 0 Å². The first-order valence-electron chi connectivity index (χ1n) is 6.52. The van der Waals surface area contributed by atoms with Crippen LogP contribution in [-0.2, 0) is 17.8 Å². The fraction of sp³-hybridized carbons (Fsp3) is 0.200. The lowest BCUT2D eigenvalue weighted by Gasteiger charge is -2.06. The lowest BCUT2D eigenvalue weighted by Crippen LogP contribution is -2.29. The summed E-state index contributed by atoms with van der Waals surface area (Å²) in [5, 5.41) is 4.99. The van der Waals surface area contributed by atoms with Gasteiger partial charge in [-0.2, -0.15) is 0 Å². The molecule has 1 aromatic carbocycles. The van der Waals surface area contributed by atoms with Crippen molar-refractivity contribution in [3.8, 4) is 0 Å². The number of carbonyl (C=O) groups excluding carboxylic acids is 1. The van der Waals surface area contributed by atoms with Gasteiger partial charge in [0.1, 0.15) is 6.54 Å². The first kappa shape index (κ1) is 12.9. The maximum absolute atomic E-state index is 11.9. The van der Waals surface area contributed by atoms with E-state index in [1.54, 1.807) is 17.7 Å². The van der Waals surface area contributed by atoms with Crippen molar-refractivity contribution in [3.05, 3.63) is 53.0 Å². The van der Waals surface area contributed by atoms with E-state index >= 15 is 0 Å². The number of hydrogen-bond donors (Lipinski definition) is 1. The van der Waals surface area contributed by atoms with E-state index in [-0.39, 0.29) is 5.91 Å². The number of nitrogens with zero attached hydrogens (tertiary/aromatic N) is 2. The Morgan fingerprint density at radius 2 is 2.15 bits per heavy atom. The standard InChI is InChI=1S/C15H15N3OS/c19-15(16-8-7-12-4-3-9-20-12)10-18-11-17-13-5-1-2-6-14(13)18/h1-6,9,11H,7-8,10H2,(H,16,19). The molecule has 1 amide bonds. The van der Waals surface area contributed by atoms with E-state index in [1.807, 2.05) is 34.9 Å². The Balaban J connectivity index is 1.56. The second-order valence-electron chi connectivity index (χ2n) is 4.54. The number of carbonyl (C=O) groups is 1. The van der Waals surface area contributed by atoms with Gasteiger partial charge in [-0.25, -0.2) is 4.98 Å². The molecule has 20 heavy (non-hydrogen) atoms. The number of benzene rings is 1. The molecule has 0 aliphatic rings. The smallest absolute Gasteiger partial charge is 0.240 e. The number of para-hydroxylation sites is 2. The number of thiophene rings is 1. The number of imidazole rings is 1. The minimum atomic E-state index is 0.0182. The van der Waals surface area contributed by atoms with Crippen LogP contribution in [0.15, 0.2) is 48.1 Å². The zero-order valence-electron chi connectivity index (χ0n) is 11.0. The average molecular weight is 285 g/mol. The van der Waals surface area contributed by atoms with Gasteiger partial charge in [-0.3, -0.25) is 4.79 Å². The third-order valence-corrected chi connectivity index (χ3v) is 4.05. The summed E-state index contributed by atoms with van der Waals surface area (Å²) in [5.74, 6) is 0.0182. The first-order chi connectivity index (χ1) is 9.83. The van der Waals surface area contributed by atoms with Gasteiger partial charge < -0.3 is 9.88 Å². The summed E-state index contributed by atoms with van der Waals surface area (Å²) in [7, 11) is 0. The summed E-state index contributed by atoms with van der Waals surface area (Å²) in [6.45, 7) is 0.983. The second-order valence-corrected chi connectivity index (χ2v) is 5.57. The molecule has 1 N–H and O–H groups in total.